The Hall–Kier alpha value is -1.79. The van der Waals surface area contributed by atoms with Crippen molar-refractivity contribution in [1.29, 1.82) is 0 Å². The van der Waals surface area contributed by atoms with Crippen LogP contribution in [0.2, 0.25) is 5.02 Å². The lowest BCUT2D eigenvalue weighted by Gasteiger charge is -2.19. The first kappa shape index (κ1) is 18.5. The van der Waals surface area contributed by atoms with E-state index in [1.165, 1.54) is 0 Å². The van der Waals surface area contributed by atoms with E-state index in [0.717, 1.165) is 25.3 Å². The van der Waals surface area contributed by atoms with Gasteiger partial charge in [-0.2, -0.15) is 0 Å². The molecule has 1 aromatic rings. The van der Waals surface area contributed by atoms with Crippen molar-refractivity contribution in [1.82, 2.24) is 15.5 Å². The van der Waals surface area contributed by atoms with Gasteiger partial charge in [-0.15, -0.1) is 0 Å². The number of halogens is 1. The summed E-state index contributed by atoms with van der Waals surface area (Å²) in [6.45, 7) is 8.01. The molecule has 0 saturated carbocycles. The zero-order valence-corrected chi connectivity index (χ0v) is 15.0. The monoisotopic (exact) mass is 352 g/mol. The van der Waals surface area contributed by atoms with E-state index in [2.05, 4.69) is 29.4 Å². The van der Waals surface area contributed by atoms with Crippen LogP contribution in [0.5, 0.6) is 0 Å². The molecule has 0 radical (unpaired) electrons. The van der Waals surface area contributed by atoms with Gasteiger partial charge in [0.2, 0.25) is 5.91 Å². The average molecular weight is 353 g/mol. The number of anilines is 1. The van der Waals surface area contributed by atoms with Gasteiger partial charge in [0.05, 0.1) is 6.04 Å². The zero-order valence-electron chi connectivity index (χ0n) is 14.2. The van der Waals surface area contributed by atoms with Crippen LogP contribution >= 0.6 is 11.6 Å². The van der Waals surface area contributed by atoms with Crippen LogP contribution in [0.1, 0.15) is 20.3 Å². The highest BCUT2D eigenvalue weighted by molar-refractivity contribution is 6.30. The average Bonchev–Trinajstić information content (AvgIpc) is 2.92. The first-order valence-corrected chi connectivity index (χ1v) is 8.74. The lowest BCUT2D eigenvalue weighted by molar-refractivity contribution is -0.117. The number of likely N-dealkylation sites (N-methyl/N-ethyl adjacent to an activating group) is 1. The molecular formula is C17H25ClN4O2. The third kappa shape index (κ3) is 5.11. The molecule has 0 spiro atoms. The summed E-state index contributed by atoms with van der Waals surface area (Å²) in [6, 6.07) is 6.73. The van der Waals surface area contributed by atoms with E-state index in [9.17, 15) is 9.59 Å². The maximum absolute atomic E-state index is 12.1. The quantitative estimate of drug-likeness (QED) is 0.789. The first-order valence-electron chi connectivity index (χ1n) is 8.36. The van der Waals surface area contributed by atoms with E-state index in [0.29, 0.717) is 24.5 Å². The van der Waals surface area contributed by atoms with Crippen LogP contribution in [-0.2, 0) is 4.79 Å². The predicted molar refractivity (Wildman–Crippen MR) is 96.5 cm³/mol. The maximum atomic E-state index is 12.1. The summed E-state index contributed by atoms with van der Waals surface area (Å²) in [4.78, 5) is 28.0. The van der Waals surface area contributed by atoms with E-state index in [-0.39, 0.29) is 18.0 Å². The fraction of sp³-hybridized carbons (Fsp3) is 0.529. The van der Waals surface area contributed by atoms with Crippen molar-refractivity contribution in [2.45, 2.75) is 26.3 Å². The molecule has 1 unspecified atom stereocenters. The second-order valence-electron chi connectivity index (χ2n) is 5.81. The Kier molecular flexibility index (Phi) is 6.87. The number of hydrogen-bond acceptors (Lipinski definition) is 3. The van der Waals surface area contributed by atoms with E-state index in [1.807, 2.05) is 12.1 Å². The second kappa shape index (κ2) is 8.89. The van der Waals surface area contributed by atoms with Crippen molar-refractivity contribution < 1.29 is 9.59 Å². The third-order valence-corrected chi connectivity index (χ3v) is 4.46. The Labute approximate surface area is 148 Å². The van der Waals surface area contributed by atoms with Crippen molar-refractivity contribution in [2.24, 2.45) is 0 Å². The summed E-state index contributed by atoms with van der Waals surface area (Å²) >= 11 is 5.87. The molecule has 0 bridgehead atoms. The zero-order chi connectivity index (χ0) is 17.5. The summed E-state index contributed by atoms with van der Waals surface area (Å²) in [5, 5.41) is 6.35. The van der Waals surface area contributed by atoms with Crippen molar-refractivity contribution in [3.63, 3.8) is 0 Å². The molecule has 24 heavy (non-hydrogen) atoms. The van der Waals surface area contributed by atoms with E-state index < -0.39 is 0 Å². The summed E-state index contributed by atoms with van der Waals surface area (Å²) < 4.78 is 0. The molecule has 7 heteroatoms. The summed E-state index contributed by atoms with van der Waals surface area (Å²) in [5.41, 5.74) is 0.802. The van der Waals surface area contributed by atoms with Crippen molar-refractivity contribution >= 4 is 29.2 Å². The van der Waals surface area contributed by atoms with Gasteiger partial charge in [0.15, 0.2) is 0 Å². The Morgan fingerprint density at radius 1 is 1.29 bits per heavy atom. The second-order valence-corrected chi connectivity index (χ2v) is 6.25. The van der Waals surface area contributed by atoms with Crippen LogP contribution in [0, 0.1) is 0 Å². The molecule has 6 nitrogen and oxygen atoms in total. The Morgan fingerprint density at radius 3 is 2.58 bits per heavy atom. The number of carbonyl (C=O) groups excluding carboxylic acids is 2. The maximum Gasteiger partial charge on any atom is 0.315 e. The molecule has 1 aromatic carbocycles. The molecule has 3 amide bonds. The molecule has 1 saturated heterocycles. The SMILES string of the molecule is CCN(CC)CCNC(=O)NC1CC(=O)N(c2ccc(Cl)cc2)C1. The summed E-state index contributed by atoms with van der Waals surface area (Å²) in [7, 11) is 0. The normalized spacial score (nSPS) is 17.4. The number of rotatable bonds is 7. The number of carbonyl (C=O) groups is 2. The molecule has 1 aliphatic heterocycles. The van der Waals surface area contributed by atoms with Gasteiger partial charge in [0.1, 0.15) is 0 Å². The smallest absolute Gasteiger partial charge is 0.315 e. The number of nitrogens with zero attached hydrogens (tertiary/aromatic N) is 2. The standard InChI is InChI=1S/C17H25ClN4O2/c1-3-21(4-2)10-9-19-17(24)20-14-11-16(23)22(12-14)15-7-5-13(18)6-8-15/h5-8,14H,3-4,9-12H2,1-2H3,(H2,19,20,24). The van der Waals surface area contributed by atoms with Crippen molar-refractivity contribution in [3.05, 3.63) is 29.3 Å². The molecule has 0 aliphatic carbocycles. The first-order chi connectivity index (χ1) is 11.5. The molecule has 1 fully saturated rings. The Balaban J connectivity index is 1.79. The summed E-state index contributed by atoms with van der Waals surface area (Å²) in [5.74, 6) is 0.00534. The van der Waals surface area contributed by atoms with Crippen LogP contribution < -0.4 is 15.5 Å². The fourth-order valence-corrected chi connectivity index (χ4v) is 2.90. The highest BCUT2D eigenvalue weighted by Gasteiger charge is 2.31. The van der Waals surface area contributed by atoms with Gasteiger partial charge in [-0.3, -0.25) is 4.79 Å². The number of hydrogen-bond donors (Lipinski definition) is 2. The van der Waals surface area contributed by atoms with E-state index in [1.54, 1.807) is 17.0 Å². The van der Waals surface area contributed by atoms with Crippen LogP contribution in [0.3, 0.4) is 0 Å². The highest BCUT2D eigenvalue weighted by atomic mass is 35.5. The van der Waals surface area contributed by atoms with E-state index >= 15 is 0 Å². The molecule has 2 N–H and O–H groups in total. The number of urea groups is 1. The molecule has 2 rings (SSSR count). The molecule has 1 aliphatic rings. The van der Waals surface area contributed by atoms with Crippen LogP contribution in [0.4, 0.5) is 10.5 Å². The van der Waals surface area contributed by atoms with Crippen LogP contribution in [-0.4, -0.2) is 55.6 Å². The van der Waals surface area contributed by atoms with Gasteiger partial charge in [0.25, 0.3) is 0 Å². The fourth-order valence-electron chi connectivity index (χ4n) is 2.78. The lowest BCUT2D eigenvalue weighted by Crippen LogP contribution is -2.45. The van der Waals surface area contributed by atoms with Gasteiger partial charge in [-0.05, 0) is 37.4 Å². The minimum atomic E-state index is -0.224. The summed E-state index contributed by atoms with van der Waals surface area (Å²) in [6.07, 6.45) is 0.312. The Morgan fingerprint density at radius 2 is 1.96 bits per heavy atom. The molecule has 0 aromatic heterocycles. The molecule has 132 valence electrons. The van der Waals surface area contributed by atoms with Gasteiger partial charge >= 0.3 is 6.03 Å². The van der Waals surface area contributed by atoms with Crippen LogP contribution in [0.25, 0.3) is 0 Å². The van der Waals surface area contributed by atoms with Gasteiger partial charge in [-0.25, -0.2) is 4.79 Å². The van der Waals surface area contributed by atoms with Gasteiger partial charge in [0, 0.05) is 36.8 Å². The highest BCUT2D eigenvalue weighted by Crippen LogP contribution is 2.23. The van der Waals surface area contributed by atoms with Crippen molar-refractivity contribution in [3.8, 4) is 0 Å². The molecule has 1 heterocycles. The largest absolute Gasteiger partial charge is 0.337 e. The number of benzene rings is 1. The lowest BCUT2D eigenvalue weighted by atomic mass is 10.2. The van der Waals surface area contributed by atoms with Crippen LogP contribution in [0.15, 0.2) is 24.3 Å². The minimum absolute atomic E-state index is 0.00534. The third-order valence-electron chi connectivity index (χ3n) is 4.21. The Bertz CT molecular complexity index is 560. The van der Waals surface area contributed by atoms with Crippen molar-refractivity contribution in [2.75, 3.05) is 37.6 Å². The molecule has 1 atom stereocenters. The van der Waals surface area contributed by atoms with Gasteiger partial charge < -0.3 is 20.4 Å². The minimum Gasteiger partial charge on any atom is -0.337 e. The molecular weight excluding hydrogens is 328 g/mol. The number of amides is 3. The van der Waals surface area contributed by atoms with E-state index in [4.69, 9.17) is 11.6 Å². The topological polar surface area (TPSA) is 64.7 Å². The number of nitrogens with one attached hydrogen (secondary N) is 2. The predicted octanol–water partition coefficient (Wildman–Crippen LogP) is 2.09. The van der Waals surface area contributed by atoms with Gasteiger partial charge in [-0.1, -0.05) is 25.4 Å².